The number of carbonyl (C=O) groups excluding carboxylic acids is 1. The maximum absolute atomic E-state index is 11.9. The molecule has 0 aromatic heterocycles. The number of hydrogen-bond acceptors (Lipinski definition) is 1. The van der Waals surface area contributed by atoms with Crippen LogP contribution in [0.3, 0.4) is 0 Å². The molecule has 0 aliphatic heterocycles. The fourth-order valence-corrected chi connectivity index (χ4v) is 2.01. The van der Waals surface area contributed by atoms with Crippen molar-refractivity contribution in [3.05, 3.63) is 34.9 Å². The second-order valence-electron chi connectivity index (χ2n) is 5.45. The maximum atomic E-state index is 11.9. The van der Waals surface area contributed by atoms with E-state index < -0.39 is 0 Å². The van der Waals surface area contributed by atoms with Gasteiger partial charge in [-0.2, -0.15) is 0 Å². The zero-order valence-electron chi connectivity index (χ0n) is 11.6. The highest BCUT2D eigenvalue weighted by molar-refractivity contribution is 6.31. The molecule has 0 aliphatic rings. The molecule has 1 N–H and O–H groups in total. The molecule has 0 aliphatic carbocycles. The second kappa shape index (κ2) is 6.24. The van der Waals surface area contributed by atoms with Crippen molar-refractivity contribution in [2.45, 2.75) is 46.1 Å². The predicted octanol–water partition coefficient (Wildman–Crippen LogP) is 3.82. The molecule has 1 rings (SSSR count). The number of halogens is 1. The molecule has 0 radical (unpaired) electrons. The van der Waals surface area contributed by atoms with Crippen molar-refractivity contribution in [1.82, 2.24) is 5.32 Å². The van der Waals surface area contributed by atoms with Crippen LogP contribution in [-0.2, 0) is 11.2 Å². The van der Waals surface area contributed by atoms with Crippen LogP contribution in [0.5, 0.6) is 0 Å². The number of nitrogens with one attached hydrogen (secondary N) is 1. The Bertz CT molecular complexity index is 415. The average molecular weight is 268 g/mol. The highest BCUT2D eigenvalue weighted by Gasteiger charge is 2.23. The zero-order valence-corrected chi connectivity index (χ0v) is 12.3. The van der Waals surface area contributed by atoms with Crippen LogP contribution in [0.2, 0.25) is 5.02 Å². The Morgan fingerprint density at radius 2 is 2.00 bits per heavy atom. The topological polar surface area (TPSA) is 29.1 Å². The number of amides is 1. The van der Waals surface area contributed by atoms with Gasteiger partial charge in [-0.15, -0.1) is 0 Å². The first-order chi connectivity index (χ1) is 8.35. The lowest BCUT2D eigenvalue weighted by Crippen LogP contribution is -2.47. The minimum atomic E-state index is -0.286. The number of rotatable bonds is 5. The highest BCUT2D eigenvalue weighted by Crippen LogP contribution is 2.21. The molecule has 1 aromatic rings. The Morgan fingerprint density at radius 1 is 1.39 bits per heavy atom. The number of carbonyl (C=O) groups is 1. The normalized spacial score (nSPS) is 13.2. The Kier molecular flexibility index (Phi) is 5.21. The van der Waals surface area contributed by atoms with E-state index in [4.69, 9.17) is 11.6 Å². The summed E-state index contributed by atoms with van der Waals surface area (Å²) in [6.45, 7) is 8.01. The average Bonchev–Trinajstić information content (AvgIpc) is 2.30. The van der Waals surface area contributed by atoms with Crippen LogP contribution in [0, 0.1) is 5.92 Å². The van der Waals surface area contributed by atoms with Gasteiger partial charge < -0.3 is 5.32 Å². The van der Waals surface area contributed by atoms with E-state index in [1.165, 1.54) is 0 Å². The summed E-state index contributed by atoms with van der Waals surface area (Å²) in [6.07, 6.45) is 1.59. The molecule has 1 atom stereocenters. The SMILES string of the molecule is CCC(C)C(=O)NC(C)(C)Cc1ccccc1Cl. The maximum Gasteiger partial charge on any atom is 0.223 e. The molecular formula is C15H22ClNO. The number of hydrogen-bond donors (Lipinski definition) is 1. The highest BCUT2D eigenvalue weighted by atomic mass is 35.5. The third-order valence-electron chi connectivity index (χ3n) is 3.11. The minimum absolute atomic E-state index is 0.0514. The summed E-state index contributed by atoms with van der Waals surface area (Å²) in [6, 6.07) is 7.76. The van der Waals surface area contributed by atoms with Gasteiger partial charge in [-0.1, -0.05) is 43.6 Å². The van der Waals surface area contributed by atoms with Crippen LogP contribution >= 0.6 is 11.6 Å². The third kappa shape index (κ3) is 4.34. The van der Waals surface area contributed by atoms with Crippen molar-refractivity contribution in [2.75, 3.05) is 0 Å². The molecule has 1 amide bonds. The Morgan fingerprint density at radius 3 is 2.56 bits per heavy atom. The Balaban J connectivity index is 2.70. The molecule has 100 valence electrons. The molecular weight excluding hydrogens is 246 g/mol. The fourth-order valence-electron chi connectivity index (χ4n) is 1.80. The van der Waals surface area contributed by atoms with Gasteiger partial charge in [0.25, 0.3) is 0 Å². The van der Waals surface area contributed by atoms with Crippen LogP contribution < -0.4 is 5.32 Å². The van der Waals surface area contributed by atoms with Crippen molar-refractivity contribution in [3.63, 3.8) is 0 Å². The van der Waals surface area contributed by atoms with Gasteiger partial charge in [0.05, 0.1) is 0 Å². The van der Waals surface area contributed by atoms with E-state index in [0.717, 1.165) is 23.4 Å². The summed E-state index contributed by atoms with van der Waals surface area (Å²) in [5.74, 6) is 0.157. The third-order valence-corrected chi connectivity index (χ3v) is 3.48. The van der Waals surface area contributed by atoms with E-state index >= 15 is 0 Å². The van der Waals surface area contributed by atoms with E-state index in [0.29, 0.717) is 0 Å². The monoisotopic (exact) mass is 267 g/mol. The van der Waals surface area contributed by atoms with Crippen molar-refractivity contribution in [3.8, 4) is 0 Å². The van der Waals surface area contributed by atoms with Crippen molar-refractivity contribution in [1.29, 1.82) is 0 Å². The lowest BCUT2D eigenvalue weighted by Gasteiger charge is -2.28. The van der Waals surface area contributed by atoms with Gasteiger partial charge in [0, 0.05) is 16.5 Å². The Labute approximate surface area is 115 Å². The first-order valence-corrected chi connectivity index (χ1v) is 6.79. The lowest BCUT2D eigenvalue weighted by atomic mass is 9.93. The van der Waals surface area contributed by atoms with Crippen molar-refractivity contribution in [2.24, 2.45) is 5.92 Å². The first-order valence-electron chi connectivity index (χ1n) is 6.41. The zero-order chi connectivity index (χ0) is 13.8. The molecule has 1 aromatic carbocycles. The number of benzene rings is 1. The van der Waals surface area contributed by atoms with Crippen LogP contribution in [-0.4, -0.2) is 11.4 Å². The van der Waals surface area contributed by atoms with E-state index in [2.05, 4.69) is 5.32 Å². The molecule has 0 bridgehead atoms. The standard InChI is InChI=1S/C15H22ClNO/c1-5-11(2)14(18)17-15(3,4)10-12-8-6-7-9-13(12)16/h6-9,11H,5,10H2,1-4H3,(H,17,18). The molecule has 0 spiro atoms. The molecule has 2 nitrogen and oxygen atoms in total. The summed E-state index contributed by atoms with van der Waals surface area (Å²) >= 11 is 6.14. The van der Waals surface area contributed by atoms with E-state index in [1.807, 2.05) is 52.0 Å². The first kappa shape index (κ1) is 15.0. The summed E-state index contributed by atoms with van der Waals surface area (Å²) < 4.78 is 0. The second-order valence-corrected chi connectivity index (χ2v) is 5.86. The predicted molar refractivity (Wildman–Crippen MR) is 76.8 cm³/mol. The lowest BCUT2D eigenvalue weighted by molar-refractivity contribution is -0.126. The van der Waals surface area contributed by atoms with Crippen LogP contribution in [0.15, 0.2) is 24.3 Å². The molecule has 0 fully saturated rings. The van der Waals surface area contributed by atoms with Crippen molar-refractivity contribution < 1.29 is 4.79 Å². The minimum Gasteiger partial charge on any atom is -0.351 e. The van der Waals surface area contributed by atoms with Gasteiger partial charge in [0.2, 0.25) is 5.91 Å². The quantitative estimate of drug-likeness (QED) is 0.863. The van der Waals surface area contributed by atoms with E-state index in [1.54, 1.807) is 0 Å². The van der Waals surface area contributed by atoms with Crippen LogP contribution in [0.1, 0.15) is 39.7 Å². The van der Waals surface area contributed by atoms with Gasteiger partial charge in [-0.3, -0.25) is 4.79 Å². The van der Waals surface area contributed by atoms with Gasteiger partial charge in [0.1, 0.15) is 0 Å². The smallest absolute Gasteiger partial charge is 0.223 e. The molecule has 18 heavy (non-hydrogen) atoms. The summed E-state index contributed by atoms with van der Waals surface area (Å²) in [4.78, 5) is 11.9. The van der Waals surface area contributed by atoms with E-state index in [-0.39, 0.29) is 17.4 Å². The molecule has 0 saturated carbocycles. The molecule has 0 saturated heterocycles. The summed E-state index contributed by atoms with van der Waals surface area (Å²) in [5.41, 5.74) is 0.777. The summed E-state index contributed by atoms with van der Waals surface area (Å²) in [7, 11) is 0. The van der Waals surface area contributed by atoms with Gasteiger partial charge in [-0.25, -0.2) is 0 Å². The molecule has 3 heteroatoms. The van der Waals surface area contributed by atoms with Crippen LogP contribution in [0.4, 0.5) is 0 Å². The van der Waals surface area contributed by atoms with Crippen LogP contribution in [0.25, 0.3) is 0 Å². The molecule has 0 heterocycles. The Hall–Kier alpha value is -1.02. The van der Waals surface area contributed by atoms with Gasteiger partial charge in [-0.05, 0) is 38.3 Å². The van der Waals surface area contributed by atoms with Crippen molar-refractivity contribution >= 4 is 17.5 Å². The largest absolute Gasteiger partial charge is 0.351 e. The van der Waals surface area contributed by atoms with Gasteiger partial charge >= 0.3 is 0 Å². The van der Waals surface area contributed by atoms with Gasteiger partial charge in [0.15, 0.2) is 0 Å². The fraction of sp³-hybridized carbons (Fsp3) is 0.533. The summed E-state index contributed by atoms with van der Waals surface area (Å²) in [5, 5.41) is 3.84. The van der Waals surface area contributed by atoms with E-state index in [9.17, 15) is 4.79 Å². The molecule has 1 unspecified atom stereocenters.